The van der Waals surface area contributed by atoms with E-state index in [9.17, 15) is 0 Å². The van der Waals surface area contributed by atoms with E-state index >= 15 is 0 Å². The number of nitrogens with zero attached hydrogens (tertiary/aromatic N) is 1. The fourth-order valence-electron chi connectivity index (χ4n) is 1.55. The number of aryl methyl sites for hydroxylation is 1. The lowest BCUT2D eigenvalue weighted by atomic mass is 10.1. The number of rotatable bonds is 4. The van der Waals surface area contributed by atoms with E-state index < -0.39 is 0 Å². The van der Waals surface area contributed by atoms with Gasteiger partial charge in [0.15, 0.2) is 5.13 Å². The van der Waals surface area contributed by atoms with Crippen LogP contribution in [0.5, 0.6) is 0 Å². The minimum absolute atomic E-state index is 0.921. The molecule has 22 heavy (non-hydrogen) atoms. The Kier molecular flexibility index (Phi) is 16.3. The van der Waals surface area contributed by atoms with Crippen LogP contribution in [0.3, 0.4) is 0 Å². The van der Waals surface area contributed by atoms with E-state index in [1.807, 2.05) is 47.6 Å². The second-order valence-electron chi connectivity index (χ2n) is 3.46. The standard InChI is InChI=1S/C13H14N2S.3C2H6/c1-3-7-10(4-2)14-13-15-11-8-5-6-9-12(11)16-13;3*1-2/h3-5,7-8H,1-2,6,9H2,(H,14,15);3*1-2H3/b10-7+;;;. The third-order valence-electron chi connectivity index (χ3n) is 2.31. The molecule has 124 valence electrons. The molecule has 0 atom stereocenters. The molecule has 1 heterocycles. The Balaban J connectivity index is 0. The van der Waals surface area contributed by atoms with Gasteiger partial charge in [-0.05, 0) is 31.1 Å². The van der Waals surface area contributed by atoms with Gasteiger partial charge in [-0.2, -0.15) is 0 Å². The number of allylic oxidation sites excluding steroid dienone is 4. The quantitative estimate of drug-likeness (QED) is 0.614. The number of nitrogens with one attached hydrogen (secondary N) is 1. The molecule has 1 aromatic heterocycles. The van der Waals surface area contributed by atoms with Crippen molar-refractivity contribution in [2.75, 3.05) is 5.32 Å². The van der Waals surface area contributed by atoms with Crippen molar-refractivity contribution in [3.05, 3.63) is 53.7 Å². The zero-order valence-corrected chi connectivity index (χ0v) is 15.9. The van der Waals surface area contributed by atoms with Crippen molar-refractivity contribution in [3.8, 4) is 0 Å². The molecule has 0 bridgehead atoms. The van der Waals surface area contributed by atoms with Crippen LogP contribution in [0, 0.1) is 0 Å². The van der Waals surface area contributed by atoms with Crippen molar-refractivity contribution in [1.29, 1.82) is 0 Å². The summed E-state index contributed by atoms with van der Waals surface area (Å²) in [6, 6.07) is 0. The van der Waals surface area contributed by atoms with Gasteiger partial charge in [0.1, 0.15) is 0 Å². The maximum absolute atomic E-state index is 4.52. The van der Waals surface area contributed by atoms with Crippen LogP contribution < -0.4 is 5.32 Å². The van der Waals surface area contributed by atoms with Crippen molar-refractivity contribution >= 4 is 22.5 Å². The van der Waals surface area contributed by atoms with Gasteiger partial charge in [-0.3, -0.25) is 0 Å². The average molecular weight is 321 g/mol. The minimum atomic E-state index is 0.921. The fourth-order valence-corrected chi connectivity index (χ4v) is 2.53. The third-order valence-corrected chi connectivity index (χ3v) is 3.36. The van der Waals surface area contributed by atoms with Crippen LogP contribution in [-0.2, 0) is 6.42 Å². The molecular formula is C19H32N2S. The summed E-state index contributed by atoms with van der Waals surface area (Å²) in [6.07, 6.45) is 11.8. The van der Waals surface area contributed by atoms with Crippen LogP contribution in [0.1, 0.15) is 58.5 Å². The molecule has 0 radical (unpaired) electrons. The highest BCUT2D eigenvalue weighted by atomic mass is 32.1. The van der Waals surface area contributed by atoms with Gasteiger partial charge in [0.2, 0.25) is 0 Å². The highest BCUT2D eigenvalue weighted by Crippen LogP contribution is 2.29. The van der Waals surface area contributed by atoms with E-state index in [4.69, 9.17) is 0 Å². The normalized spacial score (nSPS) is 11.3. The minimum Gasteiger partial charge on any atom is -0.332 e. The van der Waals surface area contributed by atoms with Crippen LogP contribution >= 0.6 is 11.3 Å². The first-order chi connectivity index (χ1) is 10.8. The summed E-state index contributed by atoms with van der Waals surface area (Å²) < 4.78 is 0. The second kappa shape index (κ2) is 15.8. The molecule has 0 spiro atoms. The molecule has 0 unspecified atom stereocenters. The molecule has 0 aromatic carbocycles. The molecule has 0 fully saturated rings. The third kappa shape index (κ3) is 7.99. The van der Waals surface area contributed by atoms with Crippen LogP contribution in [0.2, 0.25) is 0 Å². The molecule has 2 nitrogen and oxygen atoms in total. The summed E-state index contributed by atoms with van der Waals surface area (Å²) in [6.45, 7) is 19.4. The summed E-state index contributed by atoms with van der Waals surface area (Å²) in [7, 11) is 0. The topological polar surface area (TPSA) is 24.9 Å². The summed E-state index contributed by atoms with van der Waals surface area (Å²) in [5.74, 6) is 0. The Morgan fingerprint density at radius 1 is 1.18 bits per heavy atom. The lowest BCUT2D eigenvalue weighted by Gasteiger charge is -2.00. The van der Waals surface area contributed by atoms with E-state index in [1.165, 1.54) is 4.88 Å². The zero-order valence-electron chi connectivity index (χ0n) is 15.1. The Morgan fingerprint density at radius 3 is 2.32 bits per heavy atom. The maximum atomic E-state index is 4.52. The molecule has 0 amide bonds. The molecule has 1 aromatic rings. The summed E-state index contributed by atoms with van der Waals surface area (Å²) in [5.41, 5.74) is 2.02. The van der Waals surface area contributed by atoms with Crippen molar-refractivity contribution in [2.45, 2.75) is 54.4 Å². The number of hydrogen-bond donors (Lipinski definition) is 1. The van der Waals surface area contributed by atoms with Gasteiger partial charge in [-0.1, -0.05) is 66.9 Å². The van der Waals surface area contributed by atoms with Gasteiger partial charge in [0, 0.05) is 10.6 Å². The summed E-state index contributed by atoms with van der Waals surface area (Å²) in [4.78, 5) is 5.87. The maximum Gasteiger partial charge on any atom is 0.187 e. The lowest BCUT2D eigenvalue weighted by Crippen LogP contribution is -1.95. The number of fused-ring (bicyclic) bond motifs is 1. The Morgan fingerprint density at radius 2 is 1.82 bits per heavy atom. The van der Waals surface area contributed by atoms with E-state index in [0.717, 1.165) is 29.4 Å². The summed E-state index contributed by atoms with van der Waals surface area (Å²) >= 11 is 1.71. The molecule has 2 rings (SSSR count). The van der Waals surface area contributed by atoms with Crippen molar-refractivity contribution in [2.24, 2.45) is 0 Å². The highest BCUT2D eigenvalue weighted by molar-refractivity contribution is 7.15. The second-order valence-corrected chi connectivity index (χ2v) is 4.54. The molecule has 1 aliphatic carbocycles. The highest BCUT2D eigenvalue weighted by Gasteiger charge is 2.11. The van der Waals surface area contributed by atoms with E-state index in [-0.39, 0.29) is 0 Å². The first-order valence-electron chi connectivity index (χ1n) is 8.22. The first kappa shape index (κ1) is 22.7. The van der Waals surface area contributed by atoms with Crippen LogP contribution in [0.25, 0.3) is 6.08 Å². The number of thiazole rings is 1. The SMILES string of the molecule is C=C/C=C(\C=C)Nc1nc2c(s1)CCC=C2.CC.CC.CC. The summed E-state index contributed by atoms with van der Waals surface area (Å²) in [5, 5.41) is 4.15. The lowest BCUT2D eigenvalue weighted by molar-refractivity contribution is 1.00. The van der Waals surface area contributed by atoms with Crippen molar-refractivity contribution < 1.29 is 0 Å². The van der Waals surface area contributed by atoms with E-state index in [1.54, 1.807) is 23.5 Å². The van der Waals surface area contributed by atoms with Gasteiger partial charge in [-0.15, -0.1) is 11.3 Å². The first-order valence-corrected chi connectivity index (χ1v) is 9.03. The van der Waals surface area contributed by atoms with Crippen molar-refractivity contribution in [1.82, 2.24) is 4.98 Å². The van der Waals surface area contributed by atoms with Crippen LogP contribution in [-0.4, -0.2) is 4.98 Å². The molecule has 1 N–H and O–H groups in total. The monoisotopic (exact) mass is 320 g/mol. The smallest absolute Gasteiger partial charge is 0.187 e. The number of anilines is 1. The molecule has 3 heteroatoms. The molecular weight excluding hydrogens is 288 g/mol. The van der Waals surface area contributed by atoms with Gasteiger partial charge < -0.3 is 5.32 Å². The molecule has 0 saturated carbocycles. The molecule has 0 saturated heterocycles. The van der Waals surface area contributed by atoms with Gasteiger partial charge in [-0.25, -0.2) is 4.98 Å². The molecule has 0 aliphatic heterocycles. The van der Waals surface area contributed by atoms with Gasteiger partial charge in [0.25, 0.3) is 0 Å². The largest absolute Gasteiger partial charge is 0.332 e. The fraction of sp³-hybridized carbons (Fsp3) is 0.421. The molecule has 1 aliphatic rings. The zero-order chi connectivity index (χ0) is 17.4. The number of hydrogen-bond acceptors (Lipinski definition) is 3. The average Bonchev–Trinajstić information content (AvgIpc) is 3.02. The van der Waals surface area contributed by atoms with Crippen molar-refractivity contribution in [3.63, 3.8) is 0 Å². The Labute approximate surface area is 141 Å². The van der Waals surface area contributed by atoms with E-state index in [2.05, 4.69) is 35.6 Å². The predicted octanol–water partition coefficient (Wildman–Crippen LogP) is 6.85. The van der Waals surface area contributed by atoms with Gasteiger partial charge >= 0.3 is 0 Å². The van der Waals surface area contributed by atoms with E-state index in [0.29, 0.717) is 0 Å². The Hall–Kier alpha value is -1.61. The predicted molar refractivity (Wildman–Crippen MR) is 106 cm³/mol. The van der Waals surface area contributed by atoms with Gasteiger partial charge in [0.05, 0.1) is 5.69 Å². The van der Waals surface area contributed by atoms with Crippen LogP contribution in [0.15, 0.2) is 43.2 Å². The van der Waals surface area contributed by atoms with Crippen LogP contribution in [0.4, 0.5) is 5.13 Å². The number of aromatic nitrogens is 1. The Bertz CT molecular complexity index is 468.